The van der Waals surface area contributed by atoms with Crippen molar-refractivity contribution in [3.05, 3.63) is 0 Å². The van der Waals surface area contributed by atoms with Crippen LogP contribution in [0.4, 0.5) is 0 Å². The van der Waals surface area contributed by atoms with Crippen molar-refractivity contribution in [1.82, 2.24) is 5.32 Å². The molecule has 4 unspecified atom stereocenters. The predicted octanol–water partition coefficient (Wildman–Crippen LogP) is 13.2. The molecule has 2 bridgehead atoms. The first-order chi connectivity index (χ1) is 24.1. The van der Waals surface area contributed by atoms with E-state index in [2.05, 4.69) is 19.2 Å². The molecule has 0 spiro atoms. The van der Waals surface area contributed by atoms with E-state index < -0.39 is 0 Å². The molecule has 0 aliphatic carbocycles. The van der Waals surface area contributed by atoms with Crippen LogP contribution in [0.2, 0.25) is 0 Å². The lowest BCUT2D eigenvalue weighted by Gasteiger charge is -2.44. The SMILES string of the molecule is CCCCCCCCCCCCCCCCCC(=O)OC1CCC2NC1CCC2OC(=O)CCCCCCCCCCCCCCCCC. The van der Waals surface area contributed by atoms with Gasteiger partial charge in [0.2, 0.25) is 0 Å². The van der Waals surface area contributed by atoms with Crippen LogP contribution in [0.1, 0.15) is 245 Å². The molecule has 5 nitrogen and oxygen atoms in total. The third kappa shape index (κ3) is 23.9. The molecule has 0 aromatic carbocycles. The second-order valence-electron chi connectivity index (χ2n) is 16.0. The quantitative estimate of drug-likeness (QED) is 0.0538. The van der Waals surface area contributed by atoms with Crippen molar-refractivity contribution in [1.29, 1.82) is 0 Å². The number of ether oxygens (including phenoxy) is 2. The summed E-state index contributed by atoms with van der Waals surface area (Å²) in [5.41, 5.74) is 0. The fourth-order valence-corrected chi connectivity index (χ4v) is 8.14. The van der Waals surface area contributed by atoms with Gasteiger partial charge in [0.05, 0.1) is 0 Å². The van der Waals surface area contributed by atoms with Crippen LogP contribution in [0.25, 0.3) is 0 Å². The van der Waals surface area contributed by atoms with E-state index in [4.69, 9.17) is 9.47 Å². The number of rotatable bonds is 34. The molecule has 288 valence electrons. The van der Waals surface area contributed by atoms with E-state index in [-0.39, 0.29) is 36.2 Å². The van der Waals surface area contributed by atoms with Crippen LogP contribution in [0, 0.1) is 0 Å². The monoisotopic (exact) mass is 690 g/mol. The molecule has 2 heterocycles. The van der Waals surface area contributed by atoms with Gasteiger partial charge in [-0.05, 0) is 38.5 Å². The second-order valence-corrected chi connectivity index (χ2v) is 16.0. The van der Waals surface area contributed by atoms with E-state index in [9.17, 15) is 9.59 Å². The number of piperidine rings is 2. The largest absolute Gasteiger partial charge is 0.461 e. The molecule has 2 aliphatic rings. The molecule has 0 aromatic heterocycles. The number of carbonyl (C=O) groups is 2. The number of hydrogen-bond acceptors (Lipinski definition) is 5. The summed E-state index contributed by atoms with van der Waals surface area (Å²) in [4.78, 5) is 25.2. The summed E-state index contributed by atoms with van der Waals surface area (Å²) in [6.07, 6.45) is 44.6. The molecule has 0 amide bonds. The average Bonchev–Trinajstić information content (AvgIpc) is 3.10. The maximum atomic E-state index is 12.6. The maximum Gasteiger partial charge on any atom is 0.306 e. The summed E-state index contributed by atoms with van der Waals surface area (Å²) in [5, 5.41) is 3.65. The normalized spacial score (nSPS) is 20.4. The summed E-state index contributed by atoms with van der Waals surface area (Å²) in [6, 6.07) is 0.406. The number of carbonyl (C=O) groups excluding carboxylic acids is 2. The second kappa shape index (κ2) is 31.6. The third-order valence-electron chi connectivity index (χ3n) is 11.4. The molecule has 5 heteroatoms. The summed E-state index contributed by atoms with van der Waals surface area (Å²) in [7, 11) is 0. The number of nitrogens with one attached hydrogen (secondary N) is 1. The average molecular weight is 690 g/mol. The van der Waals surface area contributed by atoms with E-state index in [0.717, 1.165) is 51.4 Å². The number of hydrogen-bond donors (Lipinski definition) is 1. The summed E-state index contributed by atoms with van der Waals surface area (Å²) >= 11 is 0. The van der Waals surface area contributed by atoms with Gasteiger partial charge >= 0.3 is 11.9 Å². The molecular weight excluding hydrogens is 606 g/mol. The highest BCUT2D eigenvalue weighted by Gasteiger charge is 2.41. The van der Waals surface area contributed by atoms with Crippen molar-refractivity contribution >= 4 is 11.9 Å². The highest BCUT2D eigenvalue weighted by molar-refractivity contribution is 5.70. The number of fused-ring (bicyclic) bond motifs is 2. The highest BCUT2D eigenvalue weighted by Crippen LogP contribution is 2.30. The minimum Gasteiger partial charge on any atom is -0.461 e. The molecule has 2 rings (SSSR count). The van der Waals surface area contributed by atoms with Crippen molar-refractivity contribution in [3.63, 3.8) is 0 Å². The van der Waals surface area contributed by atoms with E-state index in [1.54, 1.807) is 0 Å². The van der Waals surface area contributed by atoms with Gasteiger partial charge in [-0.1, -0.05) is 194 Å². The number of esters is 2. The first-order valence-electron chi connectivity index (χ1n) is 22.3. The molecule has 1 N–H and O–H groups in total. The van der Waals surface area contributed by atoms with Crippen LogP contribution in [0.5, 0.6) is 0 Å². The van der Waals surface area contributed by atoms with Crippen molar-refractivity contribution in [2.75, 3.05) is 0 Å². The van der Waals surface area contributed by atoms with Gasteiger partial charge < -0.3 is 14.8 Å². The van der Waals surface area contributed by atoms with Crippen LogP contribution in [0.15, 0.2) is 0 Å². The van der Waals surface area contributed by atoms with Gasteiger partial charge in [0.15, 0.2) is 0 Å². The summed E-state index contributed by atoms with van der Waals surface area (Å²) in [6.45, 7) is 4.57. The number of unbranched alkanes of at least 4 members (excludes halogenated alkanes) is 28. The zero-order valence-corrected chi connectivity index (χ0v) is 32.9. The molecule has 2 saturated heterocycles. The van der Waals surface area contributed by atoms with E-state index in [1.165, 1.54) is 167 Å². The Kier molecular flexibility index (Phi) is 28.4. The van der Waals surface area contributed by atoms with Crippen molar-refractivity contribution < 1.29 is 19.1 Å². The summed E-state index contributed by atoms with van der Waals surface area (Å²) in [5.74, 6) is -0.0611. The lowest BCUT2D eigenvalue weighted by atomic mass is 9.83. The first kappa shape index (κ1) is 44.1. The van der Waals surface area contributed by atoms with Crippen molar-refractivity contribution in [2.24, 2.45) is 0 Å². The molecule has 0 aromatic rings. The lowest BCUT2D eigenvalue weighted by Crippen LogP contribution is -2.60. The minimum atomic E-state index is -0.0306. The minimum absolute atomic E-state index is 0.0305. The Morgan fingerprint density at radius 1 is 0.388 bits per heavy atom. The van der Waals surface area contributed by atoms with Crippen molar-refractivity contribution in [3.8, 4) is 0 Å². The Bertz CT molecular complexity index is 710. The Morgan fingerprint density at radius 3 is 0.898 bits per heavy atom. The Morgan fingerprint density at radius 2 is 0.633 bits per heavy atom. The van der Waals surface area contributed by atoms with Crippen LogP contribution < -0.4 is 5.32 Å². The van der Waals surface area contributed by atoms with Crippen LogP contribution in [-0.2, 0) is 19.1 Å². The van der Waals surface area contributed by atoms with Gasteiger partial charge in [-0.25, -0.2) is 0 Å². The van der Waals surface area contributed by atoms with Gasteiger partial charge in [0.25, 0.3) is 0 Å². The summed E-state index contributed by atoms with van der Waals surface area (Å²) < 4.78 is 11.9. The predicted molar refractivity (Wildman–Crippen MR) is 208 cm³/mol. The van der Waals surface area contributed by atoms with Gasteiger partial charge in [-0.3, -0.25) is 9.59 Å². The van der Waals surface area contributed by atoms with E-state index >= 15 is 0 Å². The van der Waals surface area contributed by atoms with Crippen LogP contribution >= 0.6 is 0 Å². The highest BCUT2D eigenvalue weighted by atomic mass is 16.6. The molecular formula is C44H83NO4. The van der Waals surface area contributed by atoms with Gasteiger partial charge in [-0.15, -0.1) is 0 Å². The first-order valence-corrected chi connectivity index (χ1v) is 22.3. The van der Waals surface area contributed by atoms with Crippen LogP contribution in [0.3, 0.4) is 0 Å². The Balaban J connectivity index is 1.37. The zero-order chi connectivity index (χ0) is 35.0. The fourth-order valence-electron chi connectivity index (χ4n) is 8.14. The fraction of sp³-hybridized carbons (Fsp3) is 0.955. The van der Waals surface area contributed by atoms with E-state index in [0.29, 0.717) is 12.8 Å². The Hall–Kier alpha value is -1.10. The zero-order valence-electron chi connectivity index (χ0n) is 32.9. The van der Waals surface area contributed by atoms with Gasteiger partial charge in [0, 0.05) is 24.9 Å². The molecule has 49 heavy (non-hydrogen) atoms. The molecule has 2 fully saturated rings. The molecule has 0 radical (unpaired) electrons. The third-order valence-corrected chi connectivity index (χ3v) is 11.4. The maximum absolute atomic E-state index is 12.6. The van der Waals surface area contributed by atoms with Crippen molar-refractivity contribution in [2.45, 2.75) is 269 Å². The molecule has 2 aliphatic heterocycles. The van der Waals surface area contributed by atoms with E-state index in [1.807, 2.05) is 0 Å². The lowest BCUT2D eigenvalue weighted by molar-refractivity contribution is -0.159. The standard InChI is InChI=1S/C44H83NO4/c1-3-5-7-9-11-13-15-17-19-21-23-25-27-29-31-33-43(46)48-41-37-35-40-42(38-36-39(41)45-40)49-44(47)34-32-30-28-26-24-22-20-18-16-14-12-10-8-6-4-2/h39-42,45H,3-38H2,1-2H3. The van der Waals surface area contributed by atoms with Gasteiger partial charge in [0.1, 0.15) is 12.2 Å². The Labute approximate surface area is 305 Å². The van der Waals surface area contributed by atoms with Gasteiger partial charge in [-0.2, -0.15) is 0 Å². The molecule has 4 atom stereocenters. The van der Waals surface area contributed by atoms with Crippen LogP contribution in [-0.4, -0.2) is 36.2 Å². The topological polar surface area (TPSA) is 64.6 Å². The smallest absolute Gasteiger partial charge is 0.306 e. The molecule has 0 saturated carbocycles.